The zero-order valence-electron chi connectivity index (χ0n) is 27.0. The molecular formula is C36H35F2N7O2S. The number of amides is 1. The fraction of sp³-hybridized carbons (Fsp3) is 0.333. The summed E-state index contributed by atoms with van der Waals surface area (Å²) in [5, 5.41) is 19.6. The van der Waals surface area contributed by atoms with Crippen molar-refractivity contribution in [3.05, 3.63) is 82.0 Å². The molecule has 246 valence electrons. The molecule has 1 amide bonds. The van der Waals surface area contributed by atoms with E-state index in [1.165, 1.54) is 29.5 Å². The average Bonchev–Trinajstić information content (AvgIpc) is 3.64. The standard InChI is InChI=1S/C36H35F2N7O2S/c1-4-30-35(45-17-25(6-10-31(45)40-30)43-13-11-42(12-14-43)20-32(47)44-18-26(46)19-44)27-8-9-29(33(38)21(27)2)36-41-34(22(3)48-36)28-7-5-24(37)15-23(28)16-39/h5-10,15,17,26,46H,4,11-14,18-20H2,1-3H3. The lowest BCUT2D eigenvalue weighted by Gasteiger charge is -2.39. The highest BCUT2D eigenvalue weighted by atomic mass is 32.1. The minimum Gasteiger partial charge on any atom is -0.389 e. The molecule has 0 saturated carbocycles. The van der Waals surface area contributed by atoms with Crippen LogP contribution in [-0.2, 0) is 11.2 Å². The molecule has 0 spiro atoms. The number of thiazole rings is 1. The van der Waals surface area contributed by atoms with Crippen LogP contribution in [0.15, 0.2) is 48.7 Å². The van der Waals surface area contributed by atoms with Gasteiger partial charge in [-0.25, -0.2) is 18.7 Å². The number of hydrogen-bond donors (Lipinski definition) is 1. The van der Waals surface area contributed by atoms with Crippen LogP contribution in [0.25, 0.3) is 38.7 Å². The summed E-state index contributed by atoms with van der Waals surface area (Å²) in [5.74, 6) is -0.813. The Bertz CT molecular complexity index is 2090. The van der Waals surface area contributed by atoms with E-state index in [-0.39, 0.29) is 17.3 Å². The fourth-order valence-electron chi connectivity index (χ4n) is 6.60. The fourth-order valence-corrected chi connectivity index (χ4v) is 7.55. The number of nitrogens with zero attached hydrogens (tertiary/aromatic N) is 7. The van der Waals surface area contributed by atoms with Crippen LogP contribution < -0.4 is 4.90 Å². The number of aromatic nitrogens is 3. The maximum absolute atomic E-state index is 16.3. The lowest BCUT2D eigenvalue weighted by molar-refractivity contribution is -0.142. The van der Waals surface area contributed by atoms with Gasteiger partial charge in [0.25, 0.3) is 0 Å². The van der Waals surface area contributed by atoms with Crippen molar-refractivity contribution in [2.24, 2.45) is 0 Å². The molecular weight excluding hydrogens is 633 g/mol. The molecule has 2 aliphatic heterocycles. The molecule has 2 aromatic carbocycles. The van der Waals surface area contributed by atoms with Gasteiger partial charge in [-0.3, -0.25) is 14.1 Å². The molecule has 12 heteroatoms. The molecule has 0 unspecified atom stereocenters. The van der Waals surface area contributed by atoms with Gasteiger partial charge in [0.1, 0.15) is 22.3 Å². The number of imidazole rings is 1. The molecule has 5 aromatic rings. The molecule has 7 rings (SSSR count). The largest absolute Gasteiger partial charge is 0.389 e. The third kappa shape index (κ3) is 5.72. The first-order valence-corrected chi connectivity index (χ1v) is 16.9. The number of aryl methyl sites for hydroxylation is 2. The van der Waals surface area contributed by atoms with E-state index < -0.39 is 11.9 Å². The number of halogens is 2. The van der Waals surface area contributed by atoms with E-state index in [0.29, 0.717) is 53.4 Å². The second-order valence-corrected chi connectivity index (χ2v) is 13.6. The topological polar surface area (TPSA) is 101 Å². The Morgan fingerprint density at radius 3 is 2.46 bits per heavy atom. The van der Waals surface area contributed by atoms with Crippen molar-refractivity contribution in [3.63, 3.8) is 0 Å². The van der Waals surface area contributed by atoms with E-state index in [4.69, 9.17) is 9.97 Å². The zero-order valence-corrected chi connectivity index (χ0v) is 27.8. The molecule has 5 heterocycles. The first kappa shape index (κ1) is 31.9. The van der Waals surface area contributed by atoms with E-state index in [0.717, 1.165) is 59.3 Å². The Labute approximate surface area is 281 Å². The van der Waals surface area contributed by atoms with Crippen molar-refractivity contribution >= 4 is 28.6 Å². The van der Waals surface area contributed by atoms with Gasteiger partial charge in [0.05, 0.1) is 47.1 Å². The van der Waals surface area contributed by atoms with E-state index in [2.05, 4.69) is 22.1 Å². The molecule has 3 aromatic heterocycles. The molecule has 2 aliphatic rings. The summed E-state index contributed by atoms with van der Waals surface area (Å²) in [6, 6.07) is 13.8. The second kappa shape index (κ2) is 12.7. The number of β-amino-alcohol motifs (C(OH)–C–C–N with tert-alkyl or cyclic N) is 1. The summed E-state index contributed by atoms with van der Waals surface area (Å²) in [6.07, 6.45) is 2.34. The SMILES string of the molecule is CCc1nc2ccc(N3CCN(CC(=O)N4CC(O)C4)CC3)cn2c1-c1ccc(-c2nc(-c3ccc(F)cc3C#N)c(C)s2)c(F)c1C. The lowest BCUT2D eigenvalue weighted by atomic mass is 9.99. The van der Waals surface area contributed by atoms with Crippen LogP contribution in [0.2, 0.25) is 0 Å². The highest BCUT2D eigenvalue weighted by molar-refractivity contribution is 7.15. The minimum absolute atomic E-state index is 0.0605. The summed E-state index contributed by atoms with van der Waals surface area (Å²) in [5.41, 5.74) is 6.36. The summed E-state index contributed by atoms with van der Waals surface area (Å²) in [6.45, 7) is 9.90. The molecule has 2 saturated heterocycles. The molecule has 0 radical (unpaired) electrons. The summed E-state index contributed by atoms with van der Waals surface area (Å²) in [7, 11) is 0. The Morgan fingerprint density at radius 2 is 1.75 bits per heavy atom. The van der Waals surface area contributed by atoms with Crippen LogP contribution in [0.5, 0.6) is 0 Å². The molecule has 2 fully saturated rings. The van der Waals surface area contributed by atoms with E-state index >= 15 is 4.39 Å². The van der Waals surface area contributed by atoms with Crippen LogP contribution in [0.4, 0.5) is 14.5 Å². The quantitative estimate of drug-likeness (QED) is 0.247. The Kier molecular flexibility index (Phi) is 8.45. The number of pyridine rings is 1. The number of nitriles is 1. The summed E-state index contributed by atoms with van der Waals surface area (Å²) in [4.78, 5) is 29.1. The number of carbonyl (C=O) groups is 1. The van der Waals surface area contributed by atoms with Gasteiger partial charge >= 0.3 is 0 Å². The van der Waals surface area contributed by atoms with Crippen LogP contribution >= 0.6 is 11.3 Å². The van der Waals surface area contributed by atoms with Crippen LogP contribution in [0.3, 0.4) is 0 Å². The van der Waals surface area contributed by atoms with Gasteiger partial charge in [-0.1, -0.05) is 13.0 Å². The van der Waals surface area contributed by atoms with Crippen molar-refractivity contribution < 1.29 is 18.7 Å². The number of carbonyl (C=O) groups excluding carboxylic acids is 1. The summed E-state index contributed by atoms with van der Waals surface area (Å²) >= 11 is 1.34. The predicted octanol–water partition coefficient (Wildman–Crippen LogP) is 5.45. The molecule has 9 nitrogen and oxygen atoms in total. The number of piperazine rings is 1. The van der Waals surface area contributed by atoms with Gasteiger partial charge in [0.15, 0.2) is 0 Å². The van der Waals surface area contributed by atoms with Gasteiger partial charge in [0, 0.05) is 67.0 Å². The summed E-state index contributed by atoms with van der Waals surface area (Å²) < 4.78 is 32.1. The first-order valence-electron chi connectivity index (χ1n) is 16.1. The number of hydrogen-bond acceptors (Lipinski definition) is 8. The molecule has 48 heavy (non-hydrogen) atoms. The predicted molar refractivity (Wildman–Crippen MR) is 182 cm³/mol. The third-order valence-corrected chi connectivity index (χ3v) is 10.4. The Hall–Kier alpha value is -4.70. The number of aliphatic hydroxyl groups excluding tert-OH is 1. The number of aliphatic hydroxyl groups is 1. The van der Waals surface area contributed by atoms with Crippen molar-refractivity contribution in [3.8, 4) is 39.2 Å². The highest BCUT2D eigenvalue weighted by Gasteiger charge is 2.30. The van der Waals surface area contributed by atoms with Gasteiger partial charge in [-0.15, -0.1) is 11.3 Å². The van der Waals surface area contributed by atoms with Crippen LogP contribution in [0, 0.1) is 36.8 Å². The monoisotopic (exact) mass is 667 g/mol. The number of anilines is 1. The normalized spacial score (nSPS) is 15.6. The number of fused-ring (bicyclic) bond motifs is 1. The van der Waals surface area contributed by atoms with Gasteiger partial charge < -0.3 is 14.9 Å². The maximum Gasteiger partial charge on any atom is 0.236 e. The zero-order chi connectivity index (χ0) is 33.7. The lowest BCUT2D eigenvalue weighted by Crippen LogP contribution is -2.57. The minimum atomic E-state index is -0.498. The second-order valence-electron chi connectivity index (χ2n) is 12.4. The van der Waals surface area contributed by atoms with Crippen molar-refractivity contribution in [1.82, 2.24) is 24.2 Å². The van der Waals surface area contributed by atoms with Crippen molar-refractivity contribution in [2.45, 2.75) is 33.3 Å². The van der Waals surface area contributed by atoms with Crippen molar-refractivity contribution in [1.29, 1.82) is 5.26 Å². The Morgan fingerprint density at radius 1 is 1.02 bits per heavy atom. The van der Waals surface area contributed by atoms with Crippen LogP contribution in [-0.4, -0.2) is 87.1 Å². The highest BCUT2D eigenvalue weighted by Crippen LogP contribution is 2.39. The molecule has 0 atom stereocenters. The van der Waals surface area contributed by atoms with Crippen molar-refractivity contribution in [2.75, 3.05) is 50.7 Å². The first-order chi connectivity index (χ1) is 23.1. The number of likely N-dealkylation sites (tertiary alicyclic amines) is 1. The smallest absolute Gasteiger partial charge is 0.236 e. The van der Waals surface area contributed by atoms with E-state index in [1.54, 1.807) is 17.9 Å². The van der Waals surface area contributed by atoms with Gasteiger partial charge in [-0.05, 0) is 62.2 Å². The number of benzene rings is 2. The molecule has 0 bridgehead atoms. The van der Waals surface area contributed by atoms with E-state index in [9.17, 15) is 19.6 Å². The third-order valence-electron chi connectivity index (χ3n) is 9.35. The average molecular weight is 668 g/mol. The van der Waals surface area contributed by atoms with Crippen LogP contribution in [0.1, 0.15) is 28.6 Å². The Balaban J connectivity index is 1.17. The number of rotatable bonds is 7. The van der Waals surface area contributed by atoms with E-state index in [1.807, 2.05) is 36.5 Å². The molecule has 0 aliphatic carbocycles. The van der Waals surface area contributed by atoms with Gasteiger partial charge in [-0.2, -0.15) is 5.26 Å². The van der Waals surface area contributed by atoms with Gasteiger partial charge in [0.2, 0.25) is 5.91 Å². The maximum atomic E-state index is 16.3. The molecule has 1 N–H and O–H groups in total.